The van der Waals surface area contributed by atoms with E-state index in [0.717, 1.165) is 10.9 Å². The van der Waals surface area contributed by atoms with Gasteiger partial charge in [-0.25, -0.2) is 4.39 Å². The number of hydrogen-bond acceptors (Lipinski definition) is 2. The smallest absolute Gasteiger partial charge is 0.170 e. The van der Waals surface area contributed by atoms with Crippen molar-refractivity contribution in [2.45, 2.75) is 33.7 Å². The molecule has 0 amide bonds. The lowest BCUT2D eigenvalue weighted by Crippen LogP contribution is -2.25. The zero-order valence-electron chi connectivity index (χ0n) is 10.7. The second-order valence-electron chi connectivity index (χ2n) is 5.60. The van der Waals surface area contributed by atoms with Crippen LogP contribution in [-0.2, 0) is 0 Å². The molecule has 1 unspecified atom stereocenters. The largest absolute Gasteiger partial charge is 0.456 e. The summed E-state index contributed by atoms with van der Waals surface area (Å²) in [6, 6.07) is 4.78. The van der Waals surface area contributed by atoms with Gasteiger partial charge in [0.15, 0.2) is 11.4 Å². The highest BCUT2D eigenvalue weighted by molar-refractivity contribution is 5.82. The molecular formula is C14H18FNO. The molecule has 2 N–H and O–H groups in total. The minimum Gasteiger partial charge on any atom is -0.456 e. The van der Waals surface area contributed by atoms with Gasteiger partial charge < -0.3 is 10.2 Å². The van der Waals surface area contributed by atoms with Gasteiger partial charge >= 0.3 is 0 Å². The van der Waals surface area contributed by atoms with Gasteiger partial charge in [0.05, 0.1) is 6.04 Å². The van der Waals surface area contributed by atoms with Crippen LogP contribution in [0.2, 0.25) is 0 Å². The normalized spacial score (nSPS) is 14.2. The van der Waals surface area contributed by atoms with Crippen molar-refractivity contribution in [1.82, 2.24) is 0 Å². The van der Waals surface area contributed by atoms with Crippen LogP contribution in [0.5, 0.6) is 0 Å². The minimum absolute atomic E-state index is 0.113. The summed E-state index contributed by atoms with van der Waals surface area (Å²) in [5, 5.41) is 0.805. The molecule has 0 spiro atoms. The van der Waals surface area contributed by atoms with E-state index in [0.29, 0.717) is 11.3 Å². The Kier molecular flexibility index (Phi) is 2.74. The summed E-state index contributed by atoms with van der Waals surface area (Å²) in [6.07, 6.45) is 0. The van der Waals surface area contributed by atoms with E-state index in [1.165, 1.54) is 6.07 Å². The zero-order chi connectivity index (χ0) is 12.8. The summed E-state index contributed by atoms with van der Waals surface area (Å²) in [5.41, 5.74) is 7.31. The quantitative estimate of drug-likeness (QED) is 0.813. The second kappa shape index (κ2) is 3.84. The van der Waals surface area contributed by atoms with Gasteiger partial charge in [0.25, 0.3) is 0 Å². The molecule has 2 rings (SSSR count). The first-order valence-corrected chi connectivity index (χ1v) is 5.75. The molecule has 0 bridgehead atoms. The highest BCUT2D eigenvalue weighted by Crippen LogP contribution is 2.35. The molecule has 2 nitrogen and oxygen atoms in total. The Morgan fingerprint density at radius 1 is 1.29 bits per heavy atom. The van der Waals surface area contributed by atoms with E-state index >= 15 is 0 Å². The van der Waals surface area contributed by atoms with Crippen LogP contribution in [0, 0.1) is 18.2 Å². The Hall–Kier alpha value is -1.35. The van der Waals surface area contributed by atoms with Crippen molar-refractivity contribution in [1.29, 1.82) is 0 Å². The van der Waals surface area contributed by atoms with Crippen LogP contribution in [0.1, 0.15) is 38.1 Å². The first-order valence-electron chi connectivity index (χ1n) is 5.75. The van der Waals surface area contributed by atoms with Crippen molar-refractivity contribution in [3.8, 4) is 0 Å². The van der Waals surface area contributed by atoms with Gasteiger partial charge in [-0.15, -0.1) is 0 Å². The Labute approximate surface area is 101 Å². The zero-order valence-corrected chi connectivity index (χ0v) is 10.7. The van der Waals surface area contributed by atoms with E-state index in [1.54, 1.807) is 6.07 Å². The van der Waals surface area contributed by atoms with Gasteiger partial charge in [-0.2, -0.15) is 0 Å². The fourth-order valence-corrected chi connectivity index (χ4v) is 1.82. The number of nitrogens with two attached hydrogens (primary N) is 1. The molecule has 0 saturated carbocycles. The topological polar surface area (TPSA) is 39.2 Å². The summed E-state index contributed by atoms with van der Waals surface area (Å²) in [5.74, 6) is 0.304. The Morgan fingerprint density at radius 3 is 2.47 bits per heavy atom. The van der Waals surface area contributed by atoms with E-state index in [9.17, 15) is 4.39 Å². The van der Waals surface area contributed by atoms with Crippen molar-refractivity contribution in [2.24, 2.45) is 11.1 Å². The van der Waals surface area contributed by atoms with E-state index in [-0.39, 0.29) is 17.3 Å². The number of rotatable bonds is 1. The van der Waals surface area contributed by atoms with Gasteiger partial charge in [0, 0.05) is 5.39 Å². The molecule has 3 heteroatoms. The van der Waals surface area contributed by atoms with Crippen molar-refractivity contribution < 1.29 is 8.81 Å². The summed E-state index contributed by atoms with van der Waals surface area (Å²) < 4.78 is 19.2. The maximum absolute atomic E-state index is 13.6. The maximum atomic E-state index is 13.6. The highest BCUT2D eigenvalue weighted by atomic mass is 19.1. The van der Waals surface area contributed by atoms with Crippen molar-refractivity contribution in [3.63, 3.8) is 0 Å². The molecule has 0 aliphatic rings. The van der Waals surface area contributed by atoms with Crippen LogP contribution in [0.3, 0.4) is 0 Å². The lowest BCUT2D eigenvalue weighted by molar-refractivity contribution is 0.289. The fourth-order valence-electron chi connectivity index (χ4n) is 1.82. The highest BCUT2D eigenvalue weighted by Gasteiger charge is 2.26. The predicted molar refractivity (Wildman–Crippen MR) is 67.3 cm³/mol. The van der Waals surface area contributed by atoms with Gasteiger partial charge in [-0.3, -0.25) is 0 Å². The van der Waals surface area contributed by atoms with E-state index < -0.39 is 0 Å². The summed E-state index contributed by atoms with van der Waals surface area (Å²) in [6.45, 7) is 8.04. The van der Waals surface area contributed by atoms with E-state index in [2.05, 4.69) is 0 Å². The van der Waals surface area contributed by atoms with Crippen molar-refractivity contribution in [2.75, 3.05) is 0 Å². The molecular weight excluding hydrogens is 217 g/mol. The van der Waals surface area contributed by atoms with Crippen molar-refractivity contribution in [3.05, 3.63) is 35.3 Å². The maximum Gasteiger partial charge on any atom is 0.170 e. The first kappa shape index (κ1) is 12.1. The van der Waals surface area contributed by atoms with E-state index in [1.807, 2.05) is 33.8 Å². The van der Waals surface area contributed by atoms with Crippen LogP contribution in [-0.4, -0.2) is 0 Å². The summed E-state index contributed by atoms with van der Waals surface area (Å²) >= 11 is 0. The predicted octanol–water partition coefficient (Wildman–Crippen LogP) is 3.93. The monoisotopic (exact) mass is 235 g/mol. The lowest BCUT2D eigenvalue weighted by atomic mass is 9.86. The van der Waals surface area contributed by atoms with Gasteiger partial charge in [-0.1, -0.05) is 26.8 Å². The summed E-state index contributed by atoms with van der Waals surface area (Å²) in [7, 11) is 0. The van der Waals surface area contributed by atoms with Crippen LogP contribution in [0.4, 0.5) is 4.39 Å². The van der Waals surface area contributed by atoms with Crippen LogP contribution >= 0.6 is 0 Å². The minimum atomic E-state index is -0.335. The van der Waals surface area contributed by atoms with Gasteiger partial charge in [0.2, 0.25) is 0 Å². The number of hydrogen-bond donors (Lipinski definition) is 1. The molecule has 17 heavy (non-hydrogen) atoms. The standard InChI is InChI=1S/C14H18FNO/c1-8-5-6-10(15)12-9(8)7-11(17-12)13(16)14(2,3)4/h5-7,13H,16H2,1-4H3. The molecule has 1 atom stereocenters. The second-order valence-corrected chi connectivity index (χ2v) is 5.60. The summed E-state index contributed by atoms with van der Waals surface area (Å²) in [4.78, 5) is 0. The van der Waals surface area contributed by atoms with Crippen LogP contribution in [0.15, 0.2) is 22.6 Å². The third-order valence-electron chi connectivity index (χ3n) is 3.11. The number of benzene rings is 1. The molecule has 92 valence electrons. The lowest BCUT2D eigenvalue weighted by Gasteiger charge is -2.24. The molecule has 2 aromatic rings. The third kappa shape index (κ3) is 2.07. The van der Waals surface area contributed by atoms with Gasteiger partial charge in [0.1, 0.15) is 5.76 Å². The molecule has 0 radical (unpaired) electrons. The molecule has 0 aliphatic carbocycles. The molecule has 1 heterocycles. The molecule has 0 saturated heterocycles. The average molecular weight is 235 g/mol. The number of halogens is 1. The SMILES string of the molecule is Cc1ccc(F)c2oc(C(N)C(C)(C)C)cc12. The molecule has 1 aromatic carbocycles. The van der Waals surface area contributed by atoms with Gasteiger partial charge in [-0.05, 0) is 30.0 Å². The number of furan rings is 1. The van der Waals surface area contributed by atoms with Crippen molar-refractivity contribution >= 4 is 11.0 Å². The molecule has 1 aromatic heterocycles. The Balaban J connectivity index is 2.59. The van der Waals surface area contributed by atoms with E-state index in [4.69, 9.17) is 10.2 Å². The first-order chi connectivity index (χ1) is 7.80. The Bertz CT molecular complexity index is 512. The molecule has 0 fully saturated rings. The molecule has 0 aliphatic heterocycles. The fraction of sp³-hybridized carbons (Fsp3) is 0.429. The number of fused-ring (bicyclic) bond motifs is 1. The average Bonchev–Trinajstić information content (AvgIpc) is 2.67. The Morgan fingerprint density at radius 2 is 1.94 bits per heavy atom. The van der Waals surface area contributed by atoms with Crippen LogP contribution in [0.25, 0.3) is 11.0 Å². The number of aryl methyl sites for hydroxylation is 1. The third-order valence-corrected chi connectivity index (χ3v) is 3.11. The van der Waals surface area contributed by atoms with Crippen LogP contribution < -0.4 is 5.73 Å².